The van der Waals surface area contributed by atoms with E-state index >= 15 is 0 Å². The Hall–Kier alpha value is -1.10. The largest absolute Gasteiger partial charge is 0.348 e. The van der Waals surface area contributed by atoms with E-state index in [0.29, 0.717) is 5.02 Å². The zero-order valence-electron chi connectivity index (χ0n) is 16.8. The predicted octanol–water partition coefficient (Wildman–Crippen LogP) is 4.25. The summed E-state index contributed by atoms with van der Waals surface area (Å²) in [5.41, 5.74) is 0.915. The first-order valence-corrected chi connectivity index (χ1v) is 10.8. The summed E-state index contributed by atoms with van der Waals surface area (Å²) in [6.07, 6.45) is 9.81. The standard InChI is InChI=1S/C22H34ClN3O/c1-25(2)20(18-9-11-19(23)12-10-18)21(27)24-22(13-5-3-6-14-22)17-26-15-7-4-8-16-26/h9-12,20H,3-8,13-17H2,1-2H3,(H,24,27)/t20-/m1/s1. The third-order valence-electron chi connectivity index (χ3n) is 6.12. The van der Waals surface area contributed by atoms with Gasteiger partial charge in [-0.25, -0.2) is 0 Å². The highest BCUT2D eigenvalue weighted by molar-refractivity contribution is 6.30. The molecule has 1 heterocycles. The molecule has 0 unspecified atom stereocenters. The van der Waals surface area contributed by atoms with Crippen molar-refractivity contribution in [2.75, 3.05) is 33.7 Å². The first-order valence-electron chi connectivity index (χ1n) is 10.5. The highest BCUT2D eigenvalue weighted by Gasteiger charge is 2.38. The first kappa shape index (κ1) is 20.6. The van der Waals surface area contributed by atoms with E-state index in [1.165, 1.54) is 51.6 Å². The van der Waals surface area contributed by atoms with E-state index < -0.39 is 0 Å². The summed E-state index contributed by atoms with van der Waals surface area (Å²) in [5.74, 6) is 0.112. The van der Waals surface area contributed by atoms with Crippen LogP contribution in [0.5, 0.6) is 0 Å². The fourth-order valence-corrected chi connectivity index (χ4v) is 4.88. The number of nitrogens with one attached hydrogen (secondary N) is 1. The van der Waals surface area contributed by atoms with E-state index in [-0.39, 0.29) is 17.5 Å². The molecule has 1 N–H and O–H groups in total. The maximum absolute atomic E-state index is 13.4. The molecule has 1 saturated carbocycles. The number of carbonyl (C=O) groups is 1. The maximum Gasteiger partial charge on any atom is 0.242 e. The average molecular weight is 392 g/mol. The lowest BCUT2D eigenvalue weighted by Crippen LogP contribution is -2.58. The molecule has 4 nitrogen and oxygen atoms in total. The van der Waals surface area contributed by atoms with Crippen LogP contribution in [-0.4, -0.2) is 55.0 Å². The molecule has 0 aromatic heterocycles. The van der Waals surface area contributed by atoms with Gasteiger partial charge in [0.2, 0.25) is 5.91 Å². The average Bonchev–Trinajstić information content (AvgIpc) is 2.64. The second kappa shape index (κ2) is 9.40. The predicted molar refractivity (Wildman–Crippen MR) is 112 cm³/mol. The second-order valence-electron chi connectivity index (χ2n) is 8.58. The molecule has 2 aliphatic rings. The van der Waals surface area contributed by atoms with E-state index in [2.05, 4.69) is 10.2 Å². The molecule has 1 aliphatic carbocycles. The van der Waals surface area contributed by atoms with E-state index in [1.54, 1.807) is 0 Å². The quantitative estimate of drug-likeness (QED) is 0.787. The van der Waals surface area contributed by atoms with Gasteiger partial charge in [0, 0.05) is 11.6 Å². The van der Waals surface area contributed by atoms with Crippen LogP contribution in [0.1, 0.15) is 63.0 Å². The Kier molecular flexibility index (Phi) is 7.18. The summed E-state index contributed by atoms with van der Waals surface area (Å²) in [6, 6.07) is 7.37. The van der Waals surface area contributed by atoms with Crippen molar-refractivity contribution in [3.8, 4) is 0 Å². The van der Waals surface area contributed by atoms with E-state index in [4.69, 9.17) is 11.6 Å². The van der Waals surface area contributed by atoms with Gasteiger partial charge in [-0.15, -0.1) is 0 Å². The van der Waals surface area contributed by atoms with Gasteiger partial charge in [-0.2, -0.15) is 0 Å². The summed E-state index contributed by atoms with van der Waals surface area (Å²) in [7, 11) is 3.94. The summed E-state index contributed by atoms with van der Waals surface area (Å²) in [4.78, 5) is 17.9. The van der Waals surface area contributed by atoms with Crippen molar-refractivity contribution in [2.45, 2.75) is 62.9 Å². The molecule has 0 spiro atoms. The lowest BCUT2D eigenvalue weighted by atomic mass is 9.80. The van der Waals surface area contributed by atoms with Crippen molar-refractivity contribution in [1.29, 1.82) is 0 Å². The van der Waals surface area contributed by atoms with Crippen molar-refractivity contribution >= 4 is 17.5 Å². The molecule has 2 fully saturated rings. The SMILES string of the molecule is CN(C)[C@@H](C(=O)NC1(CN2CCCCC2)CCCCC1)c1ccc(Cl)cc1. The number of halogens is 1. The van der Waals surface area contributed by atoms with Crippen molar-refractivity contribution < 1.29 is 4.79 Å². The number of nitrogens with zero attached hydrogens (tertiary/aromatic N) is 2. The summed E-state index contributed by atoms with van der Waals surface area (Å²) in [6.45, 7) is 3.34. The molecule has 1 aliphatic heterocycles. The number of hydrogen-bond acceptors (Lipinski definition) is 3. The molecule has 27 heavy (non-hydrogen) atoms. The van der Waals surface area contributed by atoms with Gasteiger partial charge < -0.3 is 10.2 Å². The Morgan fingerprint density at radius 3 is 2.26 bits per heavy atom. The number of benzene rings is 1. The Labute approximate surface area is 169 Å². The van der Waals surface area contributed by atoms with E-state index in [9.17, 15) is 4.79 Å². The maximum atomic E-state index is 13.4. The van der Waals surface area contributed by atoms with Gasteiger partial charge in [-0.1, -0.05) is 49.4 Å². The van der Waals surface area contributed by atoms with Crippen LogP contribution < -0.4 is 5.32 Å². The van der Waals surface area contributed by atoms with Crippen molar-refractivity contribution in [3.05, 3.63) is 34.9 Å². The smallest absolute Gasteiger partial charge is 0.242 e. The monoisotopic (exact) mass is 391 g/mol. The minimum atomic E-state index is -0.289. The van der Waals surface area contributed by atoms with Crippen molar-refractivity contribution in [3.63, 3.8) is 0 Å². The molecule has 1 saturated heterocycles. The molecule has 1 amide bonds. The Bertz CT molecular complexity index is 604. The van der Waals surface area contributed by atoms with Gasteiger partial charge in [0.05, 0.1) is 5.54 Å². The first-order chi connectivity index (χ1) is 13.0. The summed E-state index contributed by atoms with van der Waals surface area (Å²) >= 11 is 6.04. The normalized spacial score (nSPS) is 21.8. The fraction of sp³-hybridized carbons (Fsp3) is 0.682. The molecule has 3 rings (SSSR count). The summed E-state index contributed by atoms with van der Waals surface area (Å²) < 4.78 is 0. The molecule has 1 aromatic carbocycles. The molecule has 0 bridgehead atoms. The molecule has 1 aromatic rings. The van der Waals surface area contributed by atoms with Crippen molar-refractivity contribution in [1.82, 2.24) is 15.1 Å². The number of likely N-dealkylation sites (tertiary alicyclic amines) is 1. The fourth-order valence-electron chi connectivity index (χ4n) is 4.76. The van der Waals surface area contributed by atoms with Gasteiger partial charge in [-0.05, 0) is 70.6 Å². The van der Waals surface area contributed by atoms with Crippen LogP contribution in [0.2, 0.25) is 5.02 Å². The molecule has 150 valence electrons. The van der Waals surface area contributed by atoms with Gasteiger partial charge in [0.25, 0.3) is 0 Å². The minimum Gasteiger partial charge on any atom is -0.348 e. The lowest BCUT2D eigenvalue weighted by Gasteiger charge is -2.44. The topological polar surface area (TPSA) is 35.6 Å². The van der Waals surface area contributed by atoms with Crippen molar-refractivity contribution in [2.24, 2.45) is 0 Å². The molecular weight excluding hydrogens is 358 g/mol. The number of hydrogen-bond donors (Lipinski definition) is 1. The summed E-state index contributed by atoms with van der Waals surface area (Å²) in [5, 5.41) is 4.22. The van der Waals surface area contributed by atoms with Crippen LogP contribution in [0.4, 0.5) is 0 Å². The van der Waals surface area contributed by atoms with Crippen LogP contribution in [0, 0.1) is 0 Å². The van der Waals surface area contributed by atoms with Gasteiger partial charge in [0.15, 0.2) is 0 Å². The number of likely N-dealkylation sites (N-methyl/N-ethyl adjacent to an activating group) is 1. The van der Waals surface area contributed by atoms with Crippen LogP contribution in [0.25, 0.3) is 0 Å². The van der Waals surface area contributed by atoms with Crippen LogP contribution >= 0.6 is 11.6 Å². The number of piperidine rings is 1. The Morgan fingerprint density at radius 1 is 1.07 bits per heavy atom. The van der Waals surface area contributed by atoms with E-state index in [0.717, 1.165) is 24.9 Å². The third kappa shape index (κ3) is 5.46. The highest BCUT2D eigenvalue weighted by atomic mass is 35.5. The minimum absolute atomic E-state index is 0.0760. The number of carbonyl (C=O) groups excluding carboxylic acids is 1. The van der Waals surface area contributed by atoms with Crippen LogP contribution in [-0.2, 0) is 4.79 Å². The molecule has 0 radical (unpaired) electrons. The highest BCUT2D eigenvalue weighted by Crippen LogP contribution is 2.31. The number of rotatable bonds is 6. The van der Waals surface area contributed by atoms with Gasteiger partial charge in [0.1, 0.15) is 6.04 Å². The molecular formula is C22H34ClN3O. The third-order valence-corrected chi connectivity index (χ3v) is 6.38. The molecule has 1 atom stereocenters. The number of amides is 1. The van der Waals surface area contributed by atoms with Gasteiger partial charge in [-0.3, -0.25) is 9.69 Å². The zero-order chi connectivity index (χ0) is 19.3. The second-order valence-corrected chi connectivity index (χ2v) is 9.02. The lowest BCUT2D eigenvalue weighted by molar-refractivity contribution is -0.128. The zero-order valence-corrected chi connectivity index (χ0v) is 17.6. The Morgan fingerprint density at radius 2 is 1.67 bits per heavy atom. The van der Waals surface area contributed by atoms with E-state index in [1.807, 2.05) is 43.3 Å². The Balaban J connectivity index is 1.76. The van der Waals surface area contributed by atoms with Gasteiger partial charge >= 0.3 is 0 Å². The van der Waals surface area contributed by atoms with Crippen LogP contribution in [0.3, 0.4) is 0 Å². The van der Waals surface area contributed by atoms with Crippen LogP contribution in [0.15, 0.2) is 24.3 Å². The molecule has 5 heteroatoms.